The van der Waals surface area contributed by atoms with Gasteiger partial charge in [-0.3, -0.25) is 0 Å². The van der Waals surface area contributed by atoms with Gasteiger partial charge in [0.15, 0.2) is 0 Å². The summed E-state index contributed by atoms with van der Waals surface area (Å²) in [4.78, 5) is 15.8. The Morgan fingerprint density at radius 3 is 3.05 bits per heavy atom. The van der Waals surface area contributed by atoms with E-state index in [2.05, 4.69) is 10.3 Å². The number of ether oxygens (including phenoxy) is 1. The van der Waals surface area contributed by atoms with Crippen LogP contribution < -0.4 is 5.32 Å². The zero-order valence-electron chi connectivity index (χ0n) is 11.1. The van der Waals surface area contributed by atoms with Crippen LogP contribution >= 0.6 is 11.3 Å². The molecule has 0 bridgehead atoms. The van der Waals surface area contributed by atoms with Gasteiger partial charge in [-0.2, -0.15) is 0 Å². The molecule has 106 valence electrons. The monoisotopic (exact) mass is 284 g/mol. The third kappa shape index (κ3) is 3.99. The van der Waals surface area contributed by atoms with Gasteiger partial charge in [-0.1, -0.05) is 6.92 Å². The fraction of sp³-hybridized carbons (Fsp3) is 0.692. The van der Waals surface area contributed by atoms with Gasteiger partial charge in [0.2, 0.25) is 0 Å². The van der Waals surface area contributed by atoms with Crippen LogP contribution in [0.2, 0.25) is 0 Å². The highest BCUT2D eigenvalue weighted by Crippen LogP contribution is 2.19. The number of aromatic carboxylic acids is 1. The maximum absolute atomic E-state index is 11.0. The molecule has 0 aromatic carbocycles. The molecule has 6 heteroatoms. The molecule has 0 saturated carbocycles. The molecule has 0 amide bonds. The minimum Gasteiger partial charge on any atom is -0.477 e. The van der Waals surface area contributed by atoms with E-state index < -0.39 is 5.97 Å². The number of hydrogen-bond acceptors (Lipinski definition) is 5. The maximum Gasteiger partial charge on any atom is 0.347 e. The van der Waals surface area contributed by atoms with Crippen molar-refractivity contribution < 1.29 is 14.6 Å². The molecule has 0 aliphatic carbocycles. The van der Waals surface area contributed by atoms with Gasteiger partial charge in [0, 0.05) is 26.1 Å². The van der Waals surface area contributed by atoms with Gasteiger partial charge >= 0.3 is 5.97 Å². The van der Waals surface area contributed by atoms with Crippen LogP contribution in [0.5, 0.6) is 0 Å². The molecule has 1 unspecified atom stereocenters. The summed E-state index contributed by atoms with van der Waals surface area (Å²) in [5, 5.41) is 13.3. The zero-order chi connectivity index (χ0) is 13.7. The van der Waals surface area contributed by atoms with Crippen LogP contribution in [0, 0.1) is 0 Å². The summed E-state index contributed by atoms with van der Waals surface area (Å²) in [6, 6.07) is 0. The Morgan fingerprint density at radius 2 is 2.47 bits per heavy atom. The molecule has 0 spiro atoms. The van der Waals surface area contributed by atoms with Crippen LogP contribution in [0.15, 0.2) is 0 Å². The summed E-state index contributed by atoms with van der Waals surface area (Å²) >= 11 is 1.29. The summed E-state index contributed by atoms with van der Waals surface area (Å²) in [5.41, 5.74) is 0.701. The van der Waals surface area contributed by atoms with Crippen LogP contribution in [0.25, 0.3) is 0 Å². The highest BCUT2D eigenvalue weighted by Gasteiger charge is 2.16. The summed E-state index contributed by atoms with van der Waals surface area (Å²) in [7, 11) is 0. The fourth-order valence-corrected chi connectivity index (χ4v) is 3.17. The number of hydrogen-bond donors (Lipinski definition) is 2. The fourth-order valence-electron chi connectivity index (χ4n) is 2.18. The predicted molar refractivity (Wildman–Crippen MR) is 74.0 cm³/mol. The van der Waals surface area contributed by atoms with Gasteiger partial charge in [0.05, 0.1) is 16.8 Å². The van der Waals surface area contributed by atoms with Crippen LogP contribution in [0.3, 0.4) is 0 Å². The van der Waals surface area contributed by atoms with Gasteiger partial charge in [-0.05, 0) is 19.3 Å². The number of nitrogens with zero attached hydrogens (tertiary/aromatic N) is 1. The molecule has 19 heavy (non-hydrogen) atoms. The molecular weight excluding hydrogens is 264 g/mol. The number of carboxylic acid groups (broad SMARTS) is 1. The highest BCUT2D eigenvalue weighted by molar-refractivity contribution is 7.13. The van der Waals surface area contributed by atoms with E-state index in [-0.39, 0.29) is 0 Å². The highest BCUT2D eigenvalue weighted by atomic mass is 32.1. The molecule has 2 N–H and O–H groups in total. The Morgan fingerprint density at radius 1 is 1.63 bits per heavy atom. The molecule has 1 aliphatic rings. The Balaban J connectivity index is 1.77. The lowest BCUT2D eigenvalue weighted by Gasteiger charge is -2.09. The second-order valence-corrected chi connectivity index (χ2v) is 5.71. The average molecular weight is 284 g/mol. The molecule has 1 fully saturated rings. The van der Waals surface area contributed by atoms with Crippen LogP contribution in [0.1, 0.15) is 40.1 Å². The molecule has 1 aliphatic heterocycles. The first kappa shape index (κ1) is 14.4. The minimum atomic E-state index is -0.868. The van der Waals surface area contributed by atoms with Crippen molar-refractivity contribution in [1.29, 1.82) is 0 Å². The van der Waals surface area contributed by atoms with Crippen molar-refractivity contribution in [3.8, 4) is 0 Å². The first-order valence-corrected chi connectivity index (χ1v) is 7.56. The molecule has 1 aromatic heterocycles. The molecule has 1 aromatic rings. The number of carbonyl (C=O) groups is 1. The van der Waals surface area contributed by atoms with Crippen molar-refractivity contribution in [1.82, 2.24) is 10.3 Å². The molecule has 0 radical (unpaired) electrons. The first-order valence-electron chi connectivity index (χ1n) is 6.75. The Kier molecular flexibility index (Phi) is 5.30. The number of thiazole rings is 1. The van der Waals surface area contributed by atoms with E-state index >= 15 is 0 Å². The van der Waals surface area contributed by atoms with Crippen LogP contribution in [-0.4, -0.2) is 41.9 Å². The van der Waals surface area contributed by atoms with Gasteiger partial charge in [-0.25, -0.2) is 9.78 Å². The normalized spacial score (nSPS) is 18.9. The minimum absolute atomic E-state index is 0.345. The summed E-state index contributed by atoms with van der Waals surface area (Å²) in [6.45, 7) is 4.50. The van der Waals surface area contributed by atoms with Crippen molar-refractivity contribution >= 4 is 17.3 Å². The first-order chi connectivity index (χ1) is 9.20. The van der Waals surface area contributed by atoms with E-state index in [0.717, 1.165) is 44.0 Å². The molecule has 1 atom stereocenters. The van der Waals surface area contributed by atoms with Gasteiger partial charge in [0.1, 0.15) is 4.88 Å². The van der Waals surface area contributed by atoms with E-state index in [1.807, 2.05) is 6.92 Å². The lowest BCUT2D eigenvalue weighted by atomic mass is 10.2. The van der Waals surface area contributed by atoms with Gasteiger partial charge in [0.25, 0.3) is 0 Å². The second kappa shape index (κ2) is 6.98. The Hall–Kier alpha value is -0.980. The van der Waals surface area contributed by atoms with Crippen molar-refractivity contribution in [2.45, 2.75) is 38.7 Å². The summed E-state index contributed by atoms with van der Waals surface area (Å²) in [6.07, 6.45) is 4.07. The summed E-state index contributed by atoms with van der Waals surface area (Å²) < 4.78 is 5.52. The topological polar surface area (TPSA) is 71.5 Å². The van der Waals surface area contributed by atoms with E-state index in [1.165, 1.54) is 11.3 Å². The number of aromatic nitrogens is 1. The predicted octanol–water partition coefficient (Wildman–Crippen LogP) is 1.71. The molecule has 2 rings (SSSR count). The van der Waals surface area contributed by atoms with E-state index in [0.29, 0.717) is 23.1 Å². The standard InChI is InChI=1S/C13H20N2O3S/c1-2-10-12(13(16)17)19-11(15-10)5-6-14-8-9-4-3-7-18-9/h9,14H,2-8H2,1H3,(H,16,17). The lowest BCUT2D eigenvalue weighted by Crippen LogP contribution is -2.27. The Bertz CT molecular complexity index is 428. The smallest absolute Gasteiger partial charge is 0.347 e. The van der Waals surface area contributed by atoms with Crippen molar-refractivity contribution in [2.24, 2.45) is 0 Å². The van der Waals surface area contributed by atoms with Gasteiger partial charge < -0.3 is 15.2 Å². The van der Waals surface area contributed by atoms with Gasteiger partial charge in [-0.15, -0.1) is 11.3 Å². The number of rotatable bonds is 7. The average Bonchev–Trinajstić information content (AvgIpc) is 3.03. The van der Waals surface area contributed by atoms with Crippen molar-refractivity contribution in [2.75, 3.05) is 19.7 Å². The van der Waals surface area contributed by atoms with E-state index in [1.54, 1.807) is 0 Å². The van der Waals surface area contributed by atoms with Crippen LogP contribution in [-0.2, 0) is 17.6 Å². The lowest BCUT2D eigenvalue weighted by molar-refractivity contribution is 0.0701. The van der Waals surface area contributed by atoms with Crippen LogP contribution in [0.4, 0.5) is 0 Å². The summed E-state index contributed by atoms with van der Waals surface area (Å²) in [5.74, 6) is -0.868. The van der Waals surface area contributed by atoms with E-state index in [9.17, 15) is 4.79 Å². The largest absolute Gasteiger partial charge is 0.477 e. The van der Waals surface area contributed by atoms with Crippen molar-refractivity contribution in [3.05, 3.63) is 15.6 Å². The Labute approximate surface area is 117 Å². The quantitative estimate of drug-likeness (QED) is 0.746. The molecular formula is C13H20N2O3S. The SMILES string of the molecule is CCc1nc(CCNCC2CCCO2)sc1C(=O)O. The molecule has 2 heterocycles. The van der Waals surface area contributed by atoms with E-state index in [4.69, 9.17) is 9.84 Å². The van der Waals surface area contributed by atoms with Crippen molar-refractivity contribution in [3.63, 3.8) is 0 Å². The third-order valence-electron chi connectivity index (χ3n) is 3.18. The zero-order valence-corrected chi connectivity index (χ0v) is 12.0. The third-order valence-corrected chi connectivity index (χ3v) is 4.33. The number of nitrogens with one attached hydrogen (secondary N) is 1. The maximum atomic E-state index is 11.0. The number of carboxylic acids is 1. The second-order valence-electron chi connectivity index (χ2n) is 4.63. The molecule has 5 nitrogen and oxygen atoms in total. The number of aryl methyl sites for hydroxylation is 1. The molecule has 1 saturated heterocycles.